The fourth-order valence-electron chi connectivity index (χ4n) is 2.82. The van der Waals surface area contributed by atoms with Gasteiger partial charge in [0, 0.05) is 6.07 Å². The number of hydrogen-bond acceptors (Lipinski definition) is 5. The minimum Gasteiger partial charge on any atom is -0.326 e. The number of halogens is 2. The number of benzene rings is 2. The zero-order valence-corrected chi connectivity index (χ0v) is 15.8. The van der Waals surface area contributed by atoms with Crippen LogP contribution in [0.3, 0.4) is 0 Å². The van der Waals surface area contributed by atoms with Crippen molar-refractivity contribution in [3.05, 3.63) is 73.5 Å². The van der Waals surface area contributed by atoms with E-state index in [0.717, 1.165) is 5.52 Å². The standard InChI is InChI=1S/C16H10Cl2N6O2S/c17-11-4-13-15(5-12(11)18)22(7-19-13)6-9-3-10(1-2-14(9)24(25)26)23-8-20-21-16(23)27/h1-5,7-8H,6H2,(H,21,27). The highest BCUT2D eigenvalue weighted by Crippen LogP contribution is 2.29. The molecule has 27 heavy (non-hydrogen) atoms. The average Bonchev–Trinajstić information content (AvgIpc) is 3.22. The number of nitro benzene ring substituents is 1. The van der Waals surface area contributed by atoms with Crippen LogP contribution in [-0.4, -0.2) is 29.2 Å². The molecule has 4 rings (SSSR count). The number of fused-ring (bicyclic) bond motifs is 1. The summed E-state index contributed by atoms with van der Waals surface area (Å²) in [5, 5.41) is 18.8. The van der Waals surface area contributed by atoms with Crippen molar-refractivity contribution < 1.29 is 4.92 Å². The topological polar surface area (TPSA) is 94.6 Å². The Morgan fingerprint density at radius 2 is 1.96 bits per heavy atom. The molecule has 136 valence electrons. The van der Waals surface area contributed by atoms with E-state index >= 15 is 0 Å². The largest absolute Gasteiger partial charge is 0.326 e. The lowest BCUT2D eigenvalue weighted by Crippen LogP contribution is -2.04. The van der Waals surface area contributed by atoms with Crippen molar-refractivity contribution in [3.8, 4) is 5.69 Å². The van der Waals surface area contributed by atoms with Crippen LogP contribution in [0.25, 0.3) is 16.7 Å². The summed E-state index contributed by atoms with van der Waals surface area (Å²) >= 11 is 17.3. The molecule has 0 bridgehead atoms. The molecular weight excluding hydrogens is 411 g/mol. The Kier molecular flexibility index (Phi) is 4.42. The summed E-state index contributed by atoms with van der Waals surface area (Å²) in [7, 11) is 0. The Hall–Kier alpha value is -2.75. The zero-order chi connectivity index (χ0) is 19.1. The van der Waals surface area contributed by atoms with Gasteiger partial charge in [-0.25, -0.2) is 4.98 Å². The van der Waals surface area contributed by atoms with Crippen molar-refractivity contribution in [2.24, 2.45) is 0 Å². The van der Waals surface area contributed by atoms with Gasteiger partial charge in [-0.05, 0) is 36.5 Å². The summed E-state index contributed by atoms with van der Waals surface area (Å²) in [5.41, 5.74) is 2.53. The van der Waals surface area contributed by atoms with Gasteiger partial charge in [-0.1, -0.05) is 23.2 Å². The number of rotatable bonds is 4. The van der Waals surface area contributed by atoms with Gasteiger partial charge in [0.05, 0.1) is 50.1 Å². The van der Waals surface area contributed by atoms with E-state index in [1.165, 1.54) is 12.4 Å². The third-order valence-electron chi connectivity index (χ3n) is 4.09. The van der Waals surface area contributed by atoms with Gasteiger partial charge < -0.3 is 4.57 Å². The first-order valence-corrected chi connectivity index (χ1v) is 8.80. The maximum absolute atomic E-state index is 11.5. The summed E-state index contributed by atoms with van der Waals surface area (Å²) in [4.78, 5) is 15.3. The molecule has 1 N–H and O–H groups in total. The Morgan fingerprint density at radius 1 is 1.19 bits per heavy atom. The molecule has 2 aromatic heterocycles. The average molecular weight is 421 g/mol. The molecule has 0 saturated heterocycles. The fourth-order valence-corrected chi connectivity index (χ4v) is 3.34. The third kappa shape index (κ3) is 3.20. The normalized spacial score (nSPS) is 11.2. The van der Waals surface area contributed by atoms with Gasteiger partial charge in [0.15, 0.2) is 4.77 Å². The van der Waals surface area contributed by atoms with Crippen LogP contribution < -0.4 is 0 Å². The van der Waals surface area contributed by atoms with E-state index in [1.54, 1.807) is 39.7 Å². The summed E-state index contributed by atoms with van der Waals surface area (Å²) in [5.74, 6) is 0. The van der Waals surface area contributed by atoms with Crippen LogP contribution in [0.1, 0.15) is 5.56 Å². The predicted octanol–water partition coefficient (Wildman–Crippen LogP) is 4.54. The van der Waals surface area contributed by atoms with Crippen molar-refractivity contribution in [1.29, 1.82) is 0 Å². The lowest BCUT2D eigenvalue weighted by molar-refractivity contribution is -0.385. The first kappa shape index (κ1) is 17.7. The Bertz CT molecular complexity index is 1250. The SMILES string of the molecule is O=[N+]([O-])c1ccc(-n2cn[nH]c2=S)cc1Cn1cnc2cc(Cl)c(Cl)cc21. The quantitative estimate of drug-likeness (QED) is 0.297. The molecule has 0 radical (unpaired) electrons. The number of hydrogen-bond donors (Lipinski definition) is 1. The number of aromatic amines is 1. The van der Waals surface area contributed by atoms with Crippen LogP contribution in [0, 0.1) is 14.9 Å². The van der Waals surface area contributed by atoms with Gasteiger partial charge in [0.25, 0.3) is 5.69 Å². The molecule has 2 aromatic carbocycles. The van der Waals surface area contributed by atoms with Crippen molar-refractivity contribution in [3.63, 3.8) is 0 Å². The molecule has 2 heterocycles. The van der Waals surface area contributed by atoms with E-state index in [4.69, 9.17) is 35.4 Å². The van der Waals surface area contributed by atoms with Crippen LogP contribution in [0.2, 0.25) is 10.0 Å². The molecule has 4 aromatic rings. The van der Waals surface area contributed by atoms with Gasteiger partial charge in [-0.15, -0.1) is 0 Å². The van der Waals surface area contributed by atoms with Crippen LogP contribution in [0.5, 0.6) is 0 Å². The first-order chi connectivity index (χ1) is 12.9. The highest BCUT2D eigenvalue weighted by molar-refractivity contribution is 7.71. The van der Waals surface area contributed by atoms with Gasteiger partial charge in [-0.2, -0.15) is 5.10 Å². The monoisotopic (exact) mass is 420 g/mol. The van der Waals surface area contributed by atoms with Crippen molar-refractivity contribution in [2.45, 2.75) is 6.54 Å². The molecule has 0 fully saturated rings. The van der Waals surface area contributed by atoms with Crippen molar-refractivity contribution in [1.82, 2.24) is 24.3 Å². The van der Waals surface area contributed by atoms with E-state index in [-0.39, 0.29) is 12.2 Å². The molecular formula is C16H10Cl2N6O2S. The first-order valence-electron chi connectivity index (χ1n) is 7.63. The van der Waals surface area contributed by atoms with E-state index in [0.29, 0.717) is 31.6 Å². The third-order valence-corrected chi connectivity index (χ3v) is 5.10. The number of nitrogens with one attached hydrogen (secondary N) is 1. The minimum absolute atomic E-state index is 0.00401. The summed E-state index contributed by atoms with van der Waals surface area (Å²) in [6.45, 7) is 0.226. The second-order valence-electron chi connectivity index (χ2n) is 5.73. The van der Waals surface area contributed by atoms with Crippen LogP contribution in [0.15, 0.2) is 43.0 Å². The lowest BCUT2D eigenvalue weighted by atomic mass is 10.1. The smallest absolute Gasteiger partial charge is 0.274 e. The second kappa shape index (κ2) is 6.76. The van der Waals surface area contributed by atoms with E-state index in [1.807, 2.05) is 0 Å². The van der Waals surface area contributed by atoms with Crippen LogP contribution in [0.4, 0.5) is 5.69 Å². The Labute approximate surface area is 167 Å². The van der Waals surface area contributed by atoms with E-state index in [2.05, 4.69) is 15.2 Å². The highest BCUT2D eigenvalue weighted by Gasteiger charge is 2.17. The molecule has 8 nitrogen and oxygen atoms in total. The van der Waals surface area contributed by atoms with Gasteiger partial charge >= 0.3 is 0 Å². The van der Waals surface area contributed by atoms with Crippen LogP contribution in [-0.2, 0) is 6.54 Å². The van der Waals surface area contributed by atoms with Crippen molar-refractivity contribution in [2.75, 3.05) is 0 Å². The highest BCUT2D eigenvalue weighted by atomic mass is 35.5. The molecule has 0 aliphatic heterocycles. The lowest BCUT2D eigenvalue weighted by Gasteiger charge is -2.09. The van der Waals surface area contributed by atoms with E-state index in [9.17, 15) is 10.1 Å². The van der Waals surface area contributed by atoms with Crippen LogP contribution >= 0.6 is 35.4 Å². The maximum atomic E-state index is 11.5. The van der Waals surface area contributed by atoms with Gasteiger partial charge in [0.2, 0.25) is 0 Å². The zero-order valence-electron chi connectivity index (χ0n) is 13.5. The summed E-state index contributed by atoms with van der Waals surface area (Å²) in [6, 6.07) is 8.12. The molecule has 0 saturated carbocycles. The number of nitro groups is 1. The molecule has 0 unspecified atom stereocenters. The Balaban J connectivity index is 1.83. The number of imidazole rings is 1. The maximum Gasteiger partial charge on any atom is 0.274 e. The molecule has 0 aliphatic rings. The van der Waals surface area contributed by atoms with Crippen molar-refractivity contribution >= 4 is 52.1 Å². The van der Waals surface area contributed by atoms with Gasteiger partial charge in [-0.3, -0.25) is 19.8 Å². The Morgan fingerprint density at radius 3 is 2.67 bits per heavy atom. The second-order valence-corrected chi connectivity index (χ2v) is 6.93. The minimum atomic E-state index is -0.420. The molecule has 0 amide bonds. The molecule has 0 atom stereocenters. The molecule has 11 heteroatoms. The fraction of sp³-hybridized carbons (Fsp3) is 0.0625. The number of H-pyrrole nitrogens is 1. The number of aromatic nitrogens is 5. The molecule has 0 spiro atoms. The summed E-state index contributed by atoms with van der Waals surface area (Å²) in [6.07, 6.45) is 3.11. The molecule has 0 aliphatic carbocycles. The number of nitrogens with zero attached hydrogens (tertiary/aromatic N) is 5. The summed E-state index contributed by atoms with van der Waals surface area (Å²) < 4.78 is 3.80. The van der Waals surface area contributed by atoms with E-state index < -0.39 is 4.92 Å². The van der Waals surface area contributed by atoms with Gasteiger partial charge in [0.1, 0.15) is 6.33 Å². The predicted molar refractivity (Wildman–Crippen MR) is 104 cm³/mol.